The highest BCUT2D eigenvalue weighted by molar-refractivity contribution is 7.99. The van der Waals surface area contributed by atoms with E-state index in [-0.39, 0.29) is 6.67 Å². The van der Waals surface area contributed by atoms with Crippen LogP contribution in [0.3, 0.4) is 0 Å². The van der Waals surface area contributed by atoms with Gasteiger partial charge in [0.15, 0.2) is 0 Å². The first-order valence-electron chi connectivity index (χ1n) is 6.04. The maximum atomic E-state index is 11.9. The van der Waals surface area contributed by atoms with Crippen LogP contribution < -0.4 is 5.32 Å². The lowest BCUT2D eigenvalue weighted by Crippen LogP contribution is -2.20. The van der Waals surface area contributed by atoms with Gasteiger partial charge in [-0.25, -0.2) is 4.68 Å². The van der Waals surface area contributed by atoms with E-state index in [1.165, 1.54) is 0 Å². The summed E-state index contributed by atoms with van der Waals surface area (Å²) >= 11 is 1.64. The minimum absolute atomic E-state index is 0.217. The number of aromatic nitrogens is 4. The third-order valence-electron chi connectivity index (χ3n) is 2.26. The Morgan fingerprint density at radius 2 is 2.24 bits per heavy atom. The second-order valence-corrected chi connectivity index (χ2v) is 4.70. The van der Waals surface area contributed by atoms with Crippen LogP contribution in [0.25, 0.3) is 0 Å². The molecule has 1 aromatic heterocycles. The normalized spacial score (nSPS) is 10.9. The maximum Gasteiger partial charge on any atom is 0.209 e. The zero-order chi connectivity index (χ0) is 12.3. The summed E-state index contributed by atoms with van der Waals surface area (Å²) in [5.41, 5.74) is 0. The van der Waals surface area contributed by atoms with Crippen LogP contribution in [0.1, 0.15) is 26.2 Å². The molecule has 1 N–H and O–H groups in total. The summed E-state index contributed by atoms with van der Waals surface area (Å²) < 4.78 is 13.7. The molecule has 0 fully saturated rings. The molecule has 0 aliphatic carbocycles. The lowest BCUT2D eigenvalue weighted by Gasteiger charge is -2.04. The van der Waals surface area contributed by atoms with Crippen molar-refractivity contribution < 1.29 is 4.39 Å². The first-order chi connectivity index (χ1) is 8.38. The van der Waals surface area contributed by atoms with Gasteiger partial charge in [0, 0.05) is 12.3 Å². The standard InChI is InChI=1S/C10H20FN5S/c1-2-12-7-8-16-10(13-14-15-16)17-9-5-3-4-6-11/h12H,2-9H2,1H3. The van der Waals surface area contributed by atoms with Crippen molar-refractivity contribution >= 4 is 11.8 Å². The number of hydrogen-bond acceptors (Lipinski definition) is 5. The predicted octanol–water partition coefficient (Wildman–Crippen LogP) is 1.51. The molecule has 5 nitrogen and oxygen atoms in total. The number of unbranched alkanes of at least 4 members (excludes halogenated alkanes) is 2. The van der Waals surface area contributed by atoms with Crippen LogP contribution in [0.15, 0.2) is 5.16 Å². The summed E-state index contributed by atoms with van der Waals surface area (Å²) in [4.78, 5) is 0. The second-order valence-electron chi connectivity index (χ2n) is 3.64. The molecule has 98 valence electrons. The Morgan fingerprint density at radius 1 is 1.35 bits per heavy atom. The lowest BCUT2D eigenvalue weighted by molar-refractivity contribution is 0.460. The van der Waals surface area contributed by atoms with E-state index >= 15 is 0 Å². The summed E-state index contributed by atoms with van der Waals surface area (Å²) in [7, 11) is 0. The van der Waals surface area contributed by atoms with E-state index in [2.05, 4.69) is 27.8 Å². The number of nitrogens with one attached hydrogen (secondary N) is 1. The highest BCUT2D eigenvalue weighted by Gasteiger charge is 2.05. The third kappa shape index (κ3) is 5.97. The number of nitrogens with zero attached hydrogens (tertiary/aromatic N) is 4. The van der Waals surface area contributed by atoms with E-state index in [4.69, 9.17) is 0 Å². The van der Waals surface area contributed by atoms with Crippen molar-refractivity contribution in [1.82, 2.24) is 25.5 Å². The maximum absolute atomic E-state index is 11.9. The Balaban J connectivity index is 2.20. The van der Waals surface area contributed by atoms with E-state index in [1.54, 1.807) is 11.8 Å². The van der Waals surface area contributed by atoms with Crippen molar-refractivity contribution in [3.05, 3.63) is 0 Å². The Morgan fingerprint density at radius 3 is 3.00 bits per heavy atom. The molecule has 17 heavy (non-hydrogen) atoms. The van der Waals surface area contributed by atoms with E-state index < -0.39 is 0 Å². The Bertz CT molecular complexity index is 294. The molecule has 1 heterocycles. The number of rotatable bonds is 10. The fourth-order valence-corrected chi connectivity index (χ4v) is 2.24. The first-order valence-corrected chi connectivity index (χ1v) is 7.02. The van der Waals surface area contributed by atoms with E-state index in [9.17, 15) is 4.39 Å². The van der Waals surface area contributed by atoms with E-state index in [0.29, 0.717) is 6.42 Å². The van der Waals surface area contributed by atoms with Crippen LogP contribution in [0, 0.1) is 0 Å². The lowest BCUT2D eigenvalue weighted by atomic mass is 10.3. The Labute approximate surface area is 106 Å². The molecule has 0 unspecified atom stereocenters. The second kappa shape index (κ2) is 9.35. The highest BCUT2D eigenvalue weighted by atomic mass is 32.2. The molecule has 7 heteroatoms. The van der Waals surface area contributed by atoms with Gasteiger partial charge in [-0.2, -0.15) is 0 Å². The molecule has 0 atom stereocenters. The van der Waals surface area contributed by atoms with Crippen molar-refractivity contribution in [2.75, 3.05) is 25.5 Å². The van der Waals surface area contributed by atoms with Crippen molar-refractivity contribution in [2.24, 2.45) is 0 Å². The number of tetrazole rings is 1. The van der Waals surface area contributed by atoms with Gasteiger partial charge in [-0.1, -0.05) is 25.1 Å². The van der Waals surface area contributed by atoms with Gasteiger partial charge in [-0.3, -0.25) is 4.39 Å². The molecular weight excluding hydrogens is 241 g/mol. The Hall–Kier alpha value is -0.690. The van der Waals surface area contributed by atoms with E-state index in [0.717, 1.165) is 43.4 Å². The smallest absolute Gasteiger partial charge is 0.209 e. The molecule has 0 amide bonds. The number of likely N-dealkylation sites (N-methyl/N-ethyl adjacent to an activating group) is 1. The van der Waals surface area contributed by atoms with Gasteiger partial charge in [0.25, 0.3) is 0 Å². The zero-order valence-corrected chi connectivity index (χ0v) is 11.0. The van der Waals surface area contributed by atoms with Crippen LogP contribution in [0.5, 0.6) is 0 Å². The molecule has 0 bridgehead atoms. The molecule has 0 aliphatic heterocycles. The summed E-state index contributed by atoms with van der Waals surface area (Å²) in [5, 5.41) is 15.7. The van der Waals surface area contributed by atoms with E-state index in [1.807, 2.05) is 4.68 Å². The van der Waals surface area contributed by atoms with Crippen molar-refractivity contribution in [3.63, 3.8) is 0 Å². The number of thioether (sulfide) groups is 1. The molecule has 0 saturated carbocycles. The van der Waals surface area contributed by atoms with Gasteiger partial charge >= 0.3 is 0 Å². The molecular formula is C10H20FN5S. The van der Waals surface area contributed by atoms with Crippen LogP contribution in [0.2, 0.25) is 0 Å². The molecule has 0 aromatic carbocycles. The molecule has 0 aliphatic rings. The molecule has 0 radical (unpaired) electrons. The largest absolute Gasteiger partial charge is 0.315 e. The SMILES string of the molecule is CCNCCn1nnnc1SCCCCCF. The fourth-order valence-electron chi connectivity index (χ4n) is 1.34. The number of halogens is 1. The molecule has 0 spiro atoms. The number of alkyl halides is 1. The van der Waals surface area contributed by atoms with Crippen molar-refractivity contribution in [3.8, 4) is 0 Å². The van der Waals surface area contributed by atoms with Crippen LogP contribution >= 0.6 is 11.8 Å². The van der Waals surface area contributed by atoms with Gasteiger partial charge in [0.2, 0.25) is 5.16 Å². The van der Waals surface area contributed by atoms with Crippen LogP contribution in [-0.4, -0.2) is 45.7 Å². The fraction of sp³-hybridized carbons (Fsp3) is 0.900. The summed E-state index contributed by atoms with van der Waals surface area (Å²) in [6.45, 7) is 4.46. The average molecular weight is 261 g/mol. The minimum Gasteiger partial charge on any atom is -0.315 e. The van der Waals surface area contributed by atoms with Crippen LogP contribution in [-0.2, 0) is 6.54 Å². The predicted molar refractivity (Wildman–Crippen MR) is 66.9 cm³/mol. The topological polar surface area (TPSA) is 55.6 Å². The van der Waals surface area contributed by atoms with Crippen LogP contribution in [0.4, 0.5) is 4.39 Å². The summed E-state index contributed by atoms with van der Waals surface area (Å²) in [6.07, 6.45) is 2.60. The Kier molecular flexibility index (Phi) is 7.91. The van der Waals surface area contributed by atoms with Gasteiger partial charge < -0.3 is 5.32 Å². The van der Waals surface area contributed by atoms with Gasteiger partial charge in [0.05, 0.1) is 13.2 Å². The van der Waals surface area contributed by atoms with Crippen molar-refractivity contribution in [2.45, 2.75) is 37.9 Å². The van der Waals surface area contributed by atoms with Crippen molar-refractivity contribution in [1.29, 1.82) is 0 Å². The third-order valence-corrected chi connectivity index (χ3v) is 3.30. The van der Waals surface area contributed by atoms with Gasteiger partial charge in [-0.15, -0.1) is 5.10 Å². The highest BCUT2D eigenvalue weighted by Crippen LogP contribution is 2.15. The monoisotopic (exact) mass is 261 g/mol. The molecule has 0 saturated heterocycles. The quantitative estimate of drug-likeness (QED) is 0.511. The average Bonchev–Trinajstić information content (AvgIpc) is 2.77. The van der Waals surface area contributed by atoms with Gasteiger partial charge in [-0.05, 0) is 29.8 Å². The number of hydrogen-bond donors (Lipinski definition) is 1. The first kappa shape index (κ1) is 14.4. The van der Waals surface area contributed by atoms with Gasteiger partial charge in [0.1, 0.15) is 0 Å². The molecule has 1 aromatic rings. The summed E-state index contributed by atoms with van der Waals surface area (Å²) in [6, 6.07) is 0. The molecule has 1 rings (SSSR count). The zero-order valence-electron chi connectivity index (χ0n) is 10.2. The minimum atomic E-state index is -0.217. The summed E-state index contributed by atoms with van der Waals surface area (Å²) in [5.74, 6) is 0.946.